The van der Waals surface area contributed by atoms with Crippen molar-refractivity contribution in [2.24, 2.45) is 5.73 Å². The first-order valence-corrected chi connectivity index (χ1v) is 3.78. The molecule has 0 fully saturated rings. The largest absolute Gasteiger partial charge is 0.481 e. The number of carbonyl (C=O) groups is 1. The Morgan fingerprint density at radius 2 is 2.38 bits per heavy atom. The van der Waals surface area contributed by atoms with Crippen molar-refractivity contribution in [3.8, 4) is 0 Å². The standard InChI is InChI=1S/C8H11N3O2/c9-6(4-8(12)13)5-1-2-11-7(10)3-5/h1-3,6H,4,9H2,(H2,10,11)(H,12,13)/t6-/m1/s1. The van der Waals surface area contributed by atoms with Crippen LogP contribution in [0.5, 0.6) is 0 Å². The van der Waals surface area contributed by atoms with Crippen molar-refractivity contribution in [2.45, 2.75) is 12.5 Å². The Hall–Kier alpha value is -1.62. The lowest BCUT2D eigenvalue weighted by molar-refractivity contribution is -0.137. The van der Waals surface area contributed by atoms with Crippen LogP contribution in [0.1, 0.15) is 18.0 Å². The maximum atomic E-state index is 10.3. The van der Waals surface area contributed by atoms with E-state index in [0.29, 0.717) is 11.4 Å². The first-order chi connectivity index (χ1) is 6.09. The van der Waals surface area contributed by atoms with Gasteiger partial charge in [0.25, 0.3) is 0 Å². The number of rotatable bonds is 3. The Balaban J connectivity index is 2.76. The molecule has 0 aliphatic rings. The van der Waals surface area contributed by atoms with Gasteiger partial charge in [0.05, 0.1) is 6.42 Å². The predicted octanol–water partition coefficient (Wildman–Crippen LogP) is 0.138. The summed E-state index contributed by atoms with van der Waals surface area (Å²) in [5, 5.41) is 8.49. The highest BCUT2D eigenvalue weighted by molar-refractivity contribution is 5.67. The molecule has 0 aliphatic carbocycles. The normalized spacial score (nSPS) is 12.4. The molecular weight excluding hydrogens is 170 g/mol. The van der Waals surface area contributed by atoms with Crippen molar-refractivity contribution in [2.75, 3.05) is 5.73 Å². The van der Waals surface area contributed by atoms with E-state index in [1.54, 1.807) is 12.1 Å². The molecule has 0 bridgehead atoms. The van der Waals surface area contributed by atoms with E-state index in [1.807, 2.05) is 0 Å². The van der Waals surface area contributed by atoms with Gasteiger partial charge in [-0.3, -0.25) is 4.79 Å². The van der Waals surface area contributed by atoms with Crippen LogP contribution >= 0.6 is 0 Å². The fourth-order valence-corrected chi connectivity index (χ4v) is 1.00. The van der Waals surface area contributed by atoms with Crippen LogP contribution in [0.3, 0.4) is 0 Å². The Kier molecular flexibility index (Phi) is 2.81. The van der Waals surface area contributed by atoms with Crippen LogP contribution in [0.15, 0.2) is 18.3 Å². The summed E-state index contributed by atoms with van der Waals surface area (Å²) in [4.78, 5) is 14.1. The molecule has 13 heavy (non-hydrogen) atoms. The molecule has 5 nitrogen and oxygen atoms in total. The lowest BCUT2D eigenvalue weighted by atomic mass is 10.1. The van der Waals surface area contributed by atoms with Crippen LogP contribution in [0.25, 0.3) is 0 Å². The smallest absolute Gasteiger partial charge is 0.305 e. The van der Waals surface area contributed by atoms with E-state index in [0.717, 1.165) is 0 Å². The van der Waals surface area contributed by atoms with Gasteiger partial charge in [0.1, 0.15) is 5.82 Å². The average Bonchev–Trinajstić information content (AvgIpc) is 2.03. The zero-order chi connectivity index (χ0) is 9.84. The van der Waals surface area contributed by atoms with E-state index in [1.165, 1.54) is 6.20 Å². The van der Waals surface area contributed by atoms with Gasteiger partial charge in [-0.15, -0.1) is 0 Å². The number of carboxylic acids is 1. The van der Waals surface area contributed by atoms with Crippen molar-refractivity contribution in [3.05, 3.63) is 23.9 Å². The fourth-order valence-electron chi connectivity index (χ4n) is 1.00. The van der Waals surface area contributed by atoms with Crippen LogP contribution in [0.2, 0.25) is 0 Å². The number of aliphatic carboxylic acids is 1. The van der Waals surface area contributed by atoms with Gasteiger partial charge in [-0.1, -0.05) is 0 Å². The second kappa shape index (κ2) is 3.86. The van der Waals surface area contributed by atoms with Gasteiger partial charge in [0.2, 0.25) is 0 Å². The average molecular weight is 181 g/mol. The van der Waals surface area contributed by atoms with Crippen molar-refractivity contribution < 1.29 is 9.90 Å². The number of nitrogens with zero attached hydrogens (tertiary/aromatic N) is 1. The third-order valence-electron chi connectivity index (χ3n) is 1.63. The molecule has 0 radical (unpaired) electrons. The molecule has 0 aromatic carbocycles. The Bertz CT molecular complexity index is 314. The zero-order valence-electron chi connectivity index (χ0n) is 6.97. The monoisotopic (exact) mass is 181 g/mol. The summed E-state index contributed by atoms with van der Waals surface area (Å²) >= 11 is 0. The SMILES string of the molecule is Nc1cc([C@H](N)CC(=O)O)ccn1. The first-order valence-electron chi connectivity index (χ1n) is 3.78. The summed E-state index contributed by atoms with van der Waals surface area (Å²) in [7, 11) is 0. The van der Waals surface area contributed by atoms with E-state index >= 15 is 0 Å². The van der Waals surface area contributed by atoms with Crippen molar-refractivity contribution in [1.29, 1.82) is 0 Å². The minimum Gasteiger partial charge on any atom is -0.481 e. The molecule has 1 aromatic rings. The number of carboxylic acid groups (broad SMARTS) is 1. The summed E-state index contributed by atoms with van der Waals surface area (Å²) in [5.74, 6) is -0.582. The van der Waals surface area contributed by atoms with Crippen molar-refractivity contribution in [3.63, 3.8) is 0 Å². The molecule has 0 saturated heterocycles. The number of nitrogens with two attached hydrogens (primary N) is 2. The third kappa shape index (κ3) is 2.72. The molecule has 0 amide bonds. The molecular formula is C8H11N3O2. The van der Waals surface area contributed by atoms with E-state index in [-0.39, 0.29) is 6.42 Å². The molecule has 0 unspecified atom stereocenters. The van der Waals surface area contributed by atoms with Gasteiger partial charge >= 0.3 is 5.97 Å². The molecule has 70 valence electrons. The second-order valence-corrected chi connectivity index (χ2v) is 2.72. The maximum Gasteiger partial charge on any atom is 0.305 e. The highest BCUT2D eigenvalue weighted by Gasteiger charge is 2.10. The Morgan fingerprint density at radius 3 is 2.92 bits per heavy atom. The topological polar surface area (TPSA) is 102 Å². The molecule has 0 saturated carbocycles. The van der Waals surface area contributed by atoms with Gasteiger partial charge in [-0.2, -0.15) is 0 Å². The summed E-state index contributed by atoms with van der Waals surface area (Å²) in [5.41, 5.74) is 11.7. The molecule has 1 rings (SSSR count). The third-order valence-corrected chi connectivity index (χ3v) is 1.63. The first kappa shape index (κ1) is 9.47. The van der Waals surface area contributed by atoms with E-state index in [2.05, 4.69) is 4.98 Å². The van der Waals surface area contributed by atoms with Crippen LogP contribution in [0, 0.1) is 0 Å². The number of hydrogen-bond acceptors (Lipinski definition) is 4. The second-order valence-electron chi connectivity index (χ2n) is 2.72. The summed E-state index contributed by atoms with van der Waals surface area (Å²) in [6.07, 6.45) is 1.40. The van der Waals surface area contributed by atoms with Crippen LogP contribution < -0.4 is 11.5 Å². The Labute approximate surface area is 75.4 Å². The van der Waals surface area contributed by atoms with Gasteiger partial charge in [0.15, 0.2) is 0 Å². The number of nitrogen functional groups attached to an aromatic ring is 1. The number of hydrogen-bond donors (Lipinski definition) is 3. The van der Waals surface area contributed by atoms with Gasteiger partial charge in [0, 0.05) is 12.2 Å². The highest BCUT2D eigenvalue weighted by atomic mass is 16.4. The summed E-state index contributed by atoms with van der Waals surface area (Å²) in [6, 6.07) is 2.71. The van der Waals surface area contributed by atoms with E-state index in [9.17, 15) is 4.79 Å². The van der Waals surface area contributed by atoms with Crippen LogP contribution in [-0.4, -0.2) is 16.1 Å². The molecule has 1 atom stereocenters. The number of aromatic nitrogens is 1. The molecule has 0 spiro atoms. The predicted molar refractivity (Wildman–Crippen MR) is 47.8 cm³/mol. The van der Waals surface area contributed by atoms with E-state index < -0.39 is 12.0 Å². The lowest BCUT2D eigenvalue weighted by Gasteiger charge is -2.08. The number of pyridine rings is 1. The van der Waals surface area contributed by atoms with E-state index in [4.69, 9.17) is 16.6 Å². The van der Waals surface area contributed by atoms with Gasteiger partial charge in [-0.25, -0.2) is 4.98 Å². The highest BCUT2D eigenvalue weighted by Crippen LogP contribution is 2.14. The minimum absolute atomic E-state index is 0.108. The summed E-state index contributed by atoms with van der Waals surface area (Å²) in [6.45, 7) is 0. The van der Waals surface area contributed by atoms with Crippen LogP contribution in [0.4, 0.5) is 5.82 Å². The zero-order valence-corrected chi connectivity index (χ0v) is 6.97. The molecule has 1 heterocycles. The summed E-state index contributed by atoms with van der Waals surface area (Å²) < 4.78 is 0. The molecule has 0 aliphatic heterocycles. The molecule has 5 heteroatoms. The van der Waals surface area contributed by atoms with Crippen molar-refractivity contribution in [1.82, 2.24) is 4.98 Å². The van der Waals surface area contributed by atoms with Crippen molar-refractivity contribution >= 4 is 11.8 Å². The maximum absolute atomic E-state index is 10.3. The quantitative estimate of drug-likeness (QED) is 0.615. The minimum atomic E-state index is -0.928. The fraction of sp³-hybridized carbons (Fsp3) is 0.250. The Morgan fingerprint density at radius 1 is 1.69 bits per heavy atom. The molecule has 1 aromatic heterocycles. The lowest BCUT2D eigenvalue weighted by Crippen LogP contribution is -2.15. The van der Waals surface area contributed by atoms with Gasteiger partial charge in [-0.05, 0) is 17.7 Å². The van der Waals surface area contributed by atoms with Crippen LogP contribution in [-0.2, 0) is 4.79 Å². The molecule has 5 N–H and O–H groups in total. The van der Waals surface area contributed by atoms with Gasteiger partial charge < -0.3 is 16.6 Å². The number of anilines is 1.